The highest BCUT2D eigenvalue weighted by Crippen LogP contribution is 2.25. The van der Waals surface area contributed by atoms with Gasteiger partial charge in [-0.25, -0.2) is 0 Å². The monoisotopic (exact) mass is 446 g/mol. The fourth-order valence-electron chi connectivity index (χ4n) is 2.71. The van der Waals surface area contributed by atoms with Crippen LogP contribution in [0.4, 0.5) is 0 Å². The minimum atomic E-state index is -0.676. The average molecular weight is 447 g/mol. The topological polar surface area (TPSA) is 52.6 Å². The molecule has 0 aliphatic rings. The maximum atomic E-state index is 12.4. The molecule has 0 amide bonds. The van der Waals surface area contributed by atoms with Gasteiger partial charge in [0.1, 0.15) is 5.75 Å². The van der Waals surface area contributed by atoms with Gasteiger partial charge in [0.2, 0.25) is 0 Å². The molecule has 4 nitrogen and oxygen atoms in total. The van der Waals surface area contributed by atoms with E-state index in [9.17, 15) is 9.59 Å². The molecule has 0 bridgehead atoms. The van der Waals surface area contributed by atoms with E-state index in [2.05, 4.69) is 22.0 Å². The van der Waals surface area contributed by atoms with E-state index in [-0.39, 0.29) is 18.4 Å². The molecule has 150 valence electrons. The first-order chi connectivity index (χ1) is 13.2. The Morgan fingerprint density at radius 1 is 1.04 bits per heavy atom. The first-order valence-electron chi connectivity index (χ1n) is 9.35. The van der Waals surface area contributed by atoms with E-state index in [4.69, 9.17) is 9.47 Å². The van der Waals surface area contributed by atoms with Gasteiger partial charge in [-0.05, 0) is 69.9 Å². The molecule has 2 aromatic carbocycles. The standard InChI is InChI=1S/C23H27BrO4/c1-16-6-7-17(2)21(14-16)27-13-5-12-23(3,4)22(26)28-15-20(25)18-8-10-19(24)11-9-18/h6-11,14H,5,12-13,15H2,1-4H3. The second-order valence-electron chi connectivity index (χ2n) is 7.61. The molecule has 0 aliphatic heterocycles. The smallest absolute Gasteiger partial charge is 0.311 e. The lowest BCUT2D eigenvalue weighted by molar-refractivity contribution is -0.153. The van der Waals surface area contributed by atoms with Crippen molar-refractivity contribution in [1.82, 2.24) is 0 Å². The molecule has 0 N–H and O–H groups in total. The zero-order chi connectivity index (χ0) is 20.7. The lowest BCUT2D eigenvalue weighted by Crippen LogP contribution is -2.29. The Hall–Kier alpha value is -2.14. The van der Waals surface area contributed by atoms with Gasteiger partial charge in [-0.1, -0.05) is 40.2 Å². The first-order valence-corrected chi connectivity index (χ1v) is 10.1. The van der Waals surface area contributed by atoms with Crippen LogP contribution in [0.15, 0.2) is 46.9 Å². The van der Waals surface area contributed by atoms with Crippen LogP contribution in [0, 0.1) is 19.3 Å². The van der Waals surface area contributed by atoms with Crippen LogP contribution in [0.3, 0.4) is 0 Å². The minimum absolute atomic E-state index is 0.213. The second kappa shape index (κ2) is 9.87. The normalized spacial score (nSPS) is 11.2. The molecule has 0 radical (unpaired) electrons. The SMILES string of the molecule is Cc1ccc(C)c(OCCCC(C)(C)C(=O)OCC(=O)c2ccc(Br)cc2)c1. The van der Waals surface area contributed by atoms with Crippen LogP contribution in [-0.2, 0) is 9.53 Å². The Balaban J connectivity index is 1.78. The first kappa shape index (κ1) is 22.2. The molecule has 2 aromatic rings. The second-order valence-corrected chi connectivity index (χ2v) is 8.53. The van der Waals surface area contributed by atoms with Crippen molar-refractivity contribution in [3.05, 3.63) is 63.6 Å². The maximum absolute atomic E-state index is 12.4. The highest BCUT2D eigenvalue weighted by Gasteiger charge is 2.29. The van der Waals surface area contributed by atoms with Gasteiger partial charge in [-0.2, -0.15) is 0 Å². The summed E-state index contributed by atoms with van der Waals surface area (Å²) < 4.78 is 12.0. The van der Waals surface area contributed by atoms with Crippen LogP contribution in [0.1, 0.15) is 48.2 Å². The summed E-state index contributed by atoms with van der Waals surface area (Å²) in [4.78, 5) is 24.5. The van der Waals surface area contributed by atoms with Crippen molar-refractivity contribution in [3.63, 3.8) is 0 Å². The van der Waals surface area contributed by atoms with Crippen molar-refractivity contribution in [1.29, 1.82) is 0 Å². The zero-order valence-electron chi connectivity index (χ0n) is 16.9. The van der Waals surface area contributed by atoms with Gasteiger partial charge in [0.15, 0.2) is 12.4 Å². The van der Waals surface area contributed by atoms with Gasteiger partial charge in [-0.3, -0.25) is 9.59 Å². The number of benzene rings is 2. The van der Waals surface area contributed by atoms with Gasteiger partial charge in [0.05, 0.1) is 12.0 Å². The summed E-state index contributed by atoms with van der Waals surface area (Å²) in [5.41, 5.74) is 2.09. The van der Waals surface area contributed by atoms with E-state index in [1.807, 2.05) is 39.8 Å². The minimum Gasteiger partial charge on any atom is -0.493 e. The number of esters is 1. The molecule has 2 rings (SSSR count). The summed E-state index contributed by atoms with van der Waals surface area (Å²) in [6.07, 6.45) is 1.33. The largest absolute Gasteiger partial charge is 0.493 e. The maximum Gasteiger partial charge on any atom is 0.311 e. The number of aryl methyl sites for hydroxylation is 2. The summed E-state index contributed by atoms with van der Waals surface area (Å²) in [5.74, 6) is 0.292. The van der Waals surface area contributed by atoms with Gasteiger partial charge in [0.25, 0.3) is 0 Å². The predicted octanol–water partition coefficient (Wildman–Crippen LogP) is 5.68. The molecule has 0 heterocycles. The van der Waals surface area contributed by atoms with Gasteiger partial charge in [0, 0.05) is 10.0 Å². The summed E-state index contributed by atoms with van der Waals surface area (Å²) in [6.45, 7) is 7.98. The number of carbonyl (C=O) groups excluding carboxylic acids is 2. The zero-order valence-corrected chi connectivity index (χ0v) is 18.5. The third-order valence-electron chi connectivity index (χ3n) is 4.60. The van der Waals surface area contributed by atoms with Crippen molar-refractivity contribution < 1.29 is 19.1 Å². The molecule has 0 unspecified atom stereocenters. The summed E-state index contributed by atoms with van der Waals surface area (Å²) in [7, 11) is 0. The van der Waals surface area contributed by atoms with Crippen LogP contribution in [0.25, 0.3) is 0 Å². The number of hydrogen-bond acceptors (Lipinski definition) is 4. The fourth-order valence-corrected chi connectivity index (χ4v) is 2.97. The number of ether oxygens (including phenoxy) is 2. The third kappa shape index (κ3) is 6.48. The van der Waals surface area contributed by atoms with Crippen LogP contribution in [0.2, 0.25) is 0 Å². The van der Waals surface area contributed by atoms with Gasteiger partial charge < -0.3 is 9.47 Å². The molecule has 0 fully saturated rings. The van der Waals surface area contributed by atoms with Crippen LogP contribution in [-0.4, -0.2) is 25.0 Å². The van der Waals surface area contributed by atoms with Crippen molar-refractivity contribution in [3.8, 4) is 5.75 Å². The Bertz CT molecular complexity index is 825. The van der Waals surface area contributed by atoms with Crippen molar-refractivity contribution >= 4 is 27.7 Å². The average Bonchev–Trinajstić information content (AvgIpc) is 2.66. The summed E-state index contributed by atoms with van der Waals surface area (Å²) in [6, 6.07) is 13.1. The number of hydrogen-bond donors (Lipinski definition) is 0. The van der Waals surface area contributed by atoms with E-state index < -0.39 is 5.41 Å². The van der Waals surface area contributed by atoms with E-state index in [0.29, 0.717) is 18.6 Å². The number of ketones is 1. The highest BCUT2D eigenvalue weighted by molar-refractivity contribution is 9.10. The molecule has 0 aliphatic carbocycles. The molecule has 0 atom stereocenters. The number of rotatable bonds is 9. The van der Waals surface area contributed by atoms with E-state index in [0.717, 1.165) is 27.8 Å². The van der Waals surface area contributed by atoms with Gasteiger partial charge >= 0.3 is 5.97 Å². The lowest BCUT2D eigenvalue weighted by Gasteiger charge is -2.22. The van der Waals surface area contributed by atoms with E-state index >= 15 is 0 Å². The number of halogens is 1. The molecule has 0 spiro atoms. The fraction of sp³-hybridized carbons (Fsp3) is 0.391. The molecule has 0 saturated heterocycles. The lowest BCUT2D eigenvalue weighted by atomic mass is 9.88. The Kier molecular flexibility index (Phi) is 7.81. The summed E-state index contributed by atoms with van der Waals surface area (Å²) >= 11 is 3.33. The van der Waals surface area contributed by atoms with E-state index in [1.165, 1.54) is 0 Å². The quantitative estimate of drug-likeness (QED) is 0.282. The van der Waals surface area contributed by atoms with Crippen molar-refractivity contribution in [2.24, 2.45) is 5.41 Å². The number of Topliss-reactive ketones (excluding diaryl/α,β-unsaturated/α-hetero) is 1. The molecule has 28 heavy (non-hydrogen) atoms. The molecule has 5 heteroatoms. The van der Waals surface area contributed by atoms with Crippen LogP contribution in [0.5, 0.6) is 5.75 Å². The van der Waals surface area contributed by atoms with Gasteiger partial charge in [-0.15, -0.1) is 0 Å². The Labute approximate surface area is 175 Å². The molecular formula is C23H27BrO4. The molecular weight excluding hydrogens is 420 g/mol. The Morgan fingerprint density at radius 2 is 1.71 bits per heavy atom. The summed E-state index contributed by atoms with van der Waals surface area (Å²) in [5, 5.41) is 0. The Morgan fingerprint density at radius 3 is 2.39 bits per heavy atom. The van der Waals surface area contributed by atoms with Crippen molar-refractivity contribution in [2.75, 3.05) is 13.2 Å². The molecule has 0 aromatic heterocycles. The number of carbonyl (C=O) groups is 2. The third-order valence-corrected chi connectivity index (χ3v) is 5.13. The van der Waals surface area contributed by atoms with E-state index in [1.54, 1.807) is 24.3 Å². The predicted molar refractivity (Wildman–Crippen MR) is 114 cm³/mol. The highest BCUT2D eigenvalue weighted by atomic mass is 79.9. The molecule has 0 saturated carbocycles. The van der Waals surface area contributed by atoms with Crippen LogP contribution >= 0.6 is 15.9 Å². The van der Waals surface area contributed by atoms with Crippen molar-refractivity contribution in [2.45, 2.75) is 40.5 Å². The van der Waals surface area contributed by atoms with Crippen LogP contribution < -0.4 is 4.74 Å².